The second-order valence-corrected chi connectivity index (χ2v) is 4.30. The minimum absolute atomic E-state index is 0.309. The van der Waals surface area contributed by atoms with Gasteiger partial charge in [0.25, 0.3) is 0 Å². The van der Waals surface area contributed by atoms with E-state index in [1.54, 1.807) is 0 Å². The van der Waals surface area contributed by atoms with E-state index in [9.17, 15) is 0 Å². The van der Waals surface area contributed by atoms with Gasteiger partial charge in [0.15, 0.2) is 0 Å². The van der Waals surface area contributed by atoms with E-state index in [0.29, 0.717) is 24.7 Å². The molecule has 3 nitrogen and oxygen atoms in total. The van der Waals surface area contributed by atoms with Crippen molar-refractivity contribution in [2.45, 2.75) is 39.4 Å². The third kappa shape index (κ3) is 4.40. The molecule has 0 aromatic rings. The van der Waals surface area contributed by atoms with Crippen LogP contribution in [0.2, 0.25) is 0 Å². The maximum absolute atomic E-state index is 5.78. The zero-order valence-electron chi connectivity index (χ0n) is 9.58. The van der Waals surface area contributed by atoms with Crippen molar-refractivity contribution in [3.63, 3.8) is 0 Å². The molecule has 0 spiro atoms. The van der Waals surface area contributed by atoms with Gasteiger partial charge in [-0.1, -0.05) is 6.92 Å². The molecule has 0 bridgehead atoms. The van der Waals surface area contributed by atoms with Crippen molar-refractivity contribution in [1.82, 2.24) is 5.32 Å². The van der Waals surface area contributed by atoms with Crippen LogP contribution in [-0.4, -0.2) is 38.5 Å². The fourth-order valence-electron chi connectivity index (χ4n) is 1.72. The lowest BCUT2D eigenvalue weighted by Crippen LogP contribution is -2.40. The molecule has 1 fully saturated rings. The van der Waals surface area contributed by atoms with Crippen molar-refractivity contribution in [3.8, 4) is 0 Å². The molecule has 0 amide bonds. The van der Waals surface area contributed by atoms with Gasteiger partial charge in [-0.2, -0.15) is 0 Å². The number of nitrogens with one attached hydrogen (secondary N) is 1. The summed E-state index contributed by atoms with van der Waals surface area (Å²) >= 11 is 0. The first-order valence-electron chi connectivity index (χ1n) is 5.64. The number of hydrogen-bond donors (Lipinski definition) is 1. The van der Waals surface area contributed by atoms with E-state index in [0.717, 1.165) is 26.1 Å². The summed E-state index contributed by atoms with van der Waals surface area (Å²) < 4.78 is 11.2. The smallest absolute Gasteiger partial charge is 0.0704 e. The molecule has 1 saturated heterocycles. The Labute approximate surface area is 87.2 Å². The van der Waals surface area contributed by atoms with Gasteiger partial charge in [0.1, 0.15) is 0 Å². The van der Waals surface area contributed by atoms with E-state index >= 15 is 0 Å². The number of rotatable bonds is 5. The Morgan fingerprint density at radius 3 is 2.79 bits per heavy atom. The SMILES string of the molecule is CC(C)OCCOC1CCNCC1C. The third-order valence-electron chi connectivity index (χ3n) is 2.57. The first-order valence-corrected chi connectivity index (χ1v) is 5.64. The van der Waals surface area contributed by atoms with Crippen LogP contribution in [0, 0.1) is 5.92 Å². The van der Waals surface area contributed by atoms with Gasteiger partial charge in [0.05, 0.1) is 25.4 Å². The second kappa shape index (κ2) is 6.38. The van der Waals surface area contributed by atoms with E-state index < -0.39 is 0 Å². The Kier molecular flexibility index (Phi) is 5.45. The maximum atomic E-state index is 5.78. The van der Waals surface area contributed by atoms with E-state index in [4.69, 9.17) is 9.47 Å². The zero-order chi connectivity index (χ0) is 10.4. The molecule has 0 aliphatic carbocycles. The molecule has 0 radical (unpaired) electrons. The highest BCUT2D eigenvalue weighted by Gasteiger charge is 2.21. The molecule has 1 N–H and O–H groups in total. The average molecular weight is 201 g/mol. The highest BCUT2D eigenvalue weighted by Crippen LogP contribution is 2.13. The second-order valence-electron chi connectivity index (χ2n) is 4.30. The molecule has 1 aliphatic rings. The van der Waals surface area contributed by atoms with Gasteiger partial charge in [-0.15, -0.1) is 0 Å². The van der Waals surface area contributed by atoms with Gasteiger partial charge >= 0.3 is 0 Å². The molecular formula is C11H23NO2. The Hall–Kier alpha value is -0.120. The number of piperidine rings is 1. The molecule has 0 aromatic carbocycles. The van der Waals surface area contributed by atoms with E-state index in [1.807, 2.05) is 13.8 Å². The van der Waals surface area contributed by atoms with E-state index in [1.165, 1.54) is 0 Å². The van der Waals surface area contributed by atoms with Crippen molar-refractivity contribution in [1.29, 1.82) is 0 Å². The normalized spacial score (nSPS) is 28.3. The lowest BCUT2D eigenvalue weighted by molar-refractivity contribution is -0.0396. The van der Waals surface area contributed by atoms with Crippen LogP contribution < -0.4 is 5.32 Å². The van der Waals surface area contributed by atoms with Gasteiger partial charge in [-0.25, -0.2) is 0 Å². The van der Waals surface area contributed by atoms with Gasteiger partial charge in [0, 0.05) is 6.54 Å². The molecule has 2 atom stereocenters. The van der Waals surface area contributed by atoms with Gasteiger partial charge in [0.2, 0.25) is 0 Å². The van der Waals surface area contributed by atoms with Crippen molar-refractivity contribution in [2.75, 3.05) is 26.3 Å². The summed E-state index contributed by atoms with van der Waals surface area (Å²) in [6.07, 6.45) is 1.86. The summed E-state index contributed by atoms with van der Waals surface area (Å²) in [4.78, 5) is 0. The first kappa shape index (κ1) is 12.0. The summed E-state index contributed by atoms with van der Waals surface area (Å²) in [5.74, 6) is 0.628. The molecule has 3 heteroatoms. The molecule has 1 aliphatic heterocycles. The summed E-state index contributed by atoms with van der Waals surface area (Å²) in [6, 6.07) is 0. The lowest BCUT2D eigenvalue weighted by atomic mass is 9.98. The fraction of sp³-hybridized carbons (Fsp3) is 1.00. The molecule has 84 valence electrons. The van der Waals surface area contributed by atoms with E-state index in [-0.39, 0.29) is 0 Å². The molecule has 0 aromatic heterocycles. The van der Waals surface area contributed by atoms with Crippen LogP contribution in [0.5, 0.6) is 0 Å². The summed E-state index contributed by atoms with van der Waals surface area (Å²) in [6.45, 7) is 9.94. The predicted molar refractivity (Wildman–Crippen MR) is 57.5 cm³/mol. The summed E-state index contributed by atoms with van der Waals surface area (Å²) in [5, 5.41) is 3.36. The van der Waals surface area contributed by atoms with Crippen molar-refractivity contribution >= 4 is 0 Å². The standard InChI is InChI=1S/C11H23NO2/c1-9(2)13-6-7-14-11-4-5-12-8-10(11)3/h9-12H,4-8H2,1-3H3. The number of hydrogen-bond acceptors (Lipinski definition) is 3. The van der Waals surface area contributed by atoms with Crippen LogP contribution in [-0.2, 0) is 9.47 Å². The van der Waals surface area contributed by atoms with E-state index in [2.05, 4.69) is 12.2 Å². The van der Waals surface area contributed by atoms with Crippen molar-refractivity contribution in [3.05, 3.63) is 0 Å². The Bertz CT molecular complexity index is 150. The van der Waals surface area contributed by atoms with Crippen LogP contribution in [0.25, 0.3) is 0 Å². The largest absolute Gasteiger partial charge is 0.376 e. The quantitative estimate of drug-likeness (QED) is 0.683. The molecular weight excluding hydrogens is 178 g/mol. The van der Waals surface area contributed by atoms with Crippen molar-refractivity contribution in [2.24, 2.45) is 5.92 Å². The first-order chi connectivity index (χ1) is 6.70. The van der Waals surface area contributed by atoms with Crippen LogP contribution >= 0.6 is 0 Å². The molecule has 1 heterocycles. The average Bonchev–Trinajstić information content (AvgIpc) is 2.15. The number of ether oxygens (including phenoxy) is 2. The summed E-state index contributed by atoms with van der Waals surface area (Å²) in [5.41, 5.74) is 0. The van der Waals surface area contributed by atoms with Crippen LogP contribution in [0.3, 0.4) is 0 Å². The molecule has 14 heavy (non-hydrogen) atoms. The zero-order valence-corrected chi connectivity index (χ0v) is 9.58. The highest BCUT2D eigenvalue weighted by molar-refractivity contribution is 4.75. The third-order valence-corrected chi connectivity index (χ3v) is 2.57. The Morgan fingerprint density at radius 2 is 2.14 bits per heavy atom. The Balaban J connectivity index is 2.04. The monoisotopic (exact) mass is 201 g/mol. The topological polar surface area (TPSA) is 30.5 Å². The lowest BCUT2D eigenvalue weighted by Gasteiger charge is -2.29. The van der Waals surface area contributed by atoms with Gasteiger partial charge in [-0.3, -0.25) is 0 Å². The van der Waals surface area contributed by atoms with Crippen LogP contribution in [0.15, 0.2) is 0 Å². The van der Waals surface area contributed by atoms with Gasteiger partial charge < -0.3 is 14.8 Å². The maximum Gasteiger partial charge on any atom is 0.0704 e. The minimum atomic E-state index is 0.309. The predicted octanol–water partition coefficient (Wildman–Crippen LogP) is 1.43. The molecule has 0 saturated carbocycles. The fourth-order valence-corrected chi connectivity index (χ4v) is 1.72. The Morgan fingerprint density at radius 1 is 1.36 bits per heavy atom. The van der Waals surface area contributed by atoms with Crippen molar-refractivity contribution < 1.29 is 9.47 Å². The molecule has 2 unspecified atom stereocenters. The van der Waals surface area contributed by atoms with Crippen LogP contribution in [0.4, 0.5) is 0 Å². The highest BCUT2D eigenvalue weighted by atomic mass is 16.5. The van der Waals surface area contributed by atoms with Gasteiger partial charge in [-0.05, 0) is 32.7 Å². The minimum Gasteiger partial charge on any atom is -0.376 e. The van der Waals surface area contributed by atoms with Crippen LogP contribution in [0.1, 0.15) is 27.2 Å². The summed E-state index contributed by atoms with van der Waals surface area (Å²) in [7, 11) is 0. The molecule has 1 rings (SSSR count).